The van der Waals surface area contributed by atoms with Crippen LogP contribution in [0.4, 0.5) is 5.13 Å². The zero-order valence-electron chi connectivity index (χ0n) is 11.7. The van der Waals surface area contributed by atoms with Gasteiger partial charge in [-0.1, -0.05) is 23.1 Å². The lowest BCUT2D eigenvalue weighted by atomic mass is 10.4. The van der Waals surface area contributed by atoms with E-state index in [1.807, 2.05) is 5.38 Å². The predicted molar refractivity (Wildman–Crippen MR) is 89.2 cm³/mol. The Hall–Kier alpha value is -1.49. The molecule has 0 aliphatic carbocycles. The number of hydrogen-bond donors (Lipinski definition) is 1. The van der Waals surface area contributed by atoms with Gasteiger partial charge in [-0.25, -0.2) is 4.98 Å². The number of methoxy groups -OCH3 is 1. The maximum absolute atomic E-state index is 11.9. The average molecular weight is 355 g/mol. The lowest BCUT2D eigenvalue weighted by Gasteiger charge is -1.99. The second kappa shape index (κ2) is 7.18. The smallest absolute Gasteiger partial charge is 0.258 e. The highest BCUT2D eigenvalue weighted by Crippen LogP contribution is 2.27. The van der Waals surface area contributed by atoms with E-state index < -0.39 is 0 Å². The highest BCUT2D eigenvalue weighted by atomic mass is 32.2. The summed E-state index contributed by atoms with van der Waals surface area (Å²) in [6.07, 6.45) is 1.73. The minimum atomic E-state index is -0.0546. The molecule has 10 heteroatoms. The fourth-order valence-electron chi connectivity index (χ4n) is 1.70. The van der Waals surface area contributed by atoms with Crippen LogP contribution in [-0.4, -0.2) is 39.8 Å². The van der Waals surface area contributed by atoms with E-state index in [9.17, 15) is 4.79 Å². The van der Waals surface area contributed by atoms with Crippen LogP contribution in [0.5, 0.6) is 0 Å². The SMILES string of the molecule is COCCNc1nnc(SCc2cc(=O)n3ccsc3n2)s1. The second-order valence-electron chi connectivity index (χ2n) is 4.22. The Kier molecular flexibility index (Phi) is 5.03. The highest BCUT2D eigenvalue weighted by molar-refractivity contribution is 8.00. The zero-order valence-corrected chi connectivity index (χ0v) is 14.1. The van der Waals surface area contributed by atoms with Crippen molar-refractivity contribution in [3.63, 3.8) is 0 Å². The molecular formula is C12H13N5O2S3. The topological polar surface area (TPSA) is 81.4 Å². The molecule has 22 heavy (non-hydrogen) atoms. The molecule has 3 aromatic rings. The van der Waals surface area contributed by atoms with E-state index in [1.165, 1.54) is 34.4 Å². The van der Waals surface area contributed by atoms with Gasteiger partial charge in [-0.2, -0.15) is 0 Å². The minimum Gasteiger partial charge on any atom is -0.383 e. The van der Waals surface area contributed by atoms with Crippen molar-refractivity contribution in [3.05, 3.63) is 33.7 Å². The van der Waals surface area contributed by atoms with E-state index in [-0.39, 0.29) is 5.56 Å². The van der Waals surface area contributed by atoms with E-state index >= 15 is 0 Å². The van der Waals surface area contributed by atoms with E-state index in [2.05, 4.69) is 20.5 Å². The van der Waals surface area contributed by atoms with E-state index in [0.29, 0.717) is 23.9 Å². The Morgan fingerprint density at radius 2 is 2.36 bits per heavy atom. The molecule has 0 saturated carbocycles. The van der Waals surface area contributed by atoms with Gasteiger partial charge < -0.3 is 10.1 Å². The number of thiazole rings is 1. The molecule has 0 spiro atoms. The zero-order chi connectivity index (χ0) is 15.4. The molecule has 0 saturated heterocycles. The van der Waals surface area contributed by atoms with Gasteiger partial charge in [-0.3, -0.25) is 9.20 Å². The largest absolute Gasteiger partial charge is 0.383 e. The number of thioether (sulfide) groups is 1. The first-order chi connectivity index (χ1) is 10.8. The molecule has 3 heterocycles. The van der Waals surface area contributed by atoms with Crippen molar-refractivity contribution in [1.29, 1.82) is 0 Å². The number of hydrogen-bond acceptors (Lipinski definition) is 9. The van der Waals surface area contributed by atoms with Gasteiger partial charge in [0, 0.05) is 37.1 Å². The van der Waals surface area contributed by atoms with Crippen molar-refractivity contribution in [2.45, 2.75) is 10.1 Å². The first kappa shape index (κ1) is 15.4. The first-order valence-corrected chi connectivity index (χ1v) is 9.09. The second-order valence-corrected chi connectivity index (χ2v) is 7.30. The molecule has 0 aliphatic rings. The molecular weight excluding hydrogens is 342 g/mol. The third-order valence-corrected chi connectivity index (χ3v) is 5.49. The van der Waals surface area contributed by atoms with Crippen molar-refractivity contribution in [1.82, 2.24) is 19.6 Å². The molecule has 3 rings (SSSR count). The summed E-state index contributed by atoms with van der Waals surface area (Å²) >= 11 is 4.45. The monoisotopic (exact) mass is 355 g/mol. The number of ether oxygens (including phenoxy) is 1. The standard InChI is InChI=1S/C12H13N5O2S3/c1-19-4-2-13-10-15-16-12(22-10)21-7-8-6-9(18)17-3-5-20-11(17)14-8/h3,5-6H,2,4,7H2,1H3,(H,13,15). The summed E-state index contributed by atoms with van der Waals surface area (Å²) in [5, 5.41) is 13.9. The lowest BCUT2D eigenvalue weighted by Crippen LogP contribution is -2.12. The number of nitrogens with zero attached hydrogens (tertiary/aromatic N) is 4. The van der Waals surface area contributed by atoms with Crippen LogP contribution in [0.1, 0.15) is 5.69 Å². The van der Waals surface area contributed by atoms with Crippen LogP contribution in [-0.2, 0) is 10.5 Å². The van der Waals surface area contributed by atoms with Crippen LogP contribution in [0.3, 0.4) is 0 Å². The average Bonchev–Trinajstić information content (AvgIpc) is 3.14. The van der Waals surface area contributed by atoms with Crippen LogP contribution < -0.4 is 10.9 Å². The summed E-state index contributed by atoms with van der Waals surface area (Å²) in [6, 6.07) is 1.56. The number of anilines is 1. The molecule has 1 N–H and O–H groups in total. The Bertz CT molecular complexity index is 812. The lowest BCUT2D eigenvalue weighted by molar-refractivity contribution is 0.211. The van der Waals surface area contributed by atoms with Crippen molar-refractivity contribution in [2.24, 2.45) is 0 Å². The fourth-order valence-corrected chi connectivity index (χ4v) is 4.11. The fraction of sp³-hybridized carbons (Fsp3) is 0.333. The van der Waals surface area contributed by atoms with E-state index in [4.69, 9.17) is 4.74 Å². The Morgan fingerprint density at radius 3 is 3.23 bits per heavy atom. The van der Waals surface area contributed by atoms with Crippen molar-refractivity contribution >= 4 is 44.5 Å². The molecule has 0 bridgehead atoms. The number of rotatable bonds is 7. The minimum absolute atomic E-state index is 0.0546. The third kappa shape index (κ3) is 3.64. The molecule has 3 aromatic heterocycles. The number of fused-ring (bicyclic) bond motifs is 1. The van der Waals surface area contributed by atoms with Crippen LogP contribution >= 0.6 is 34.4 Å². The Morgan fingerprint density at radius 1 is 1.45 bits per heavy atom. The molecule has 7 nitrogen and oxygen atoms in total. The Balaban J connectivity index is 1.62. The summed E-state index contributed by atoms with van der Waals surface area (Å²) in [6.45, 7) is 1.32. The maximum atomic E-state index is 11.9. The van der Waals surface area contributed by atoms with Crippen LogP contribution in [0.2, 0.25) is 0 Å². The molecule has 0 aromatic carbocycles. The molecule has 0 atom stereocenters. The highest BCUT2D eigenvalue weighted by Gasteiger charge is 2.07. The van der Waals surface area contributed by atoms with Gasteiger partial charge in [0.2, 0.25) is 5.13 Å². The molecule has 0 radical (unpaired) electrons. The first-order valence-electron chi connectivity index (χ1n) is 6.41. The normalized spacial score (nSPS) is 11.1. The molecule has 0 aliphatic heterocycles. The van der Waals surface area contributed by atoms with Crippen LogP contribution in [0.15, 0.2) is 26.8 Å². The van der Waals surface area contributed by atoms with Crippen LogP contribution in [0.25, 0.3) is 4.96 Å². The predicted octanol–water partition coefficient (Wildman–Crippen LogP) is 1.96. The van der Waals surface area contributed by atoms with Gasteiger partial charge in [0.1, 0.15) is 0 Å². The van der Waals surface area contributed by atoms with Gasteiger partial charge in [0.05, 0.1) is 12.3 Å². The summed E-state index contributed by atoms with van der Waals surface area (Å²) < 4.78 is 7.35. The summed E-state index contributed by atoms with van der Waals surface area (Å²) in [7, 11) is 1.66. The Labute approximate surface area is 138 Å². The van der Waals surface area contributed by atoms with E-state index in [1.54, 1.807) is 23.8 Å². The maximum Gasteiger partial charge on any atom is 0.258 e. The van der Waals surface area contributed by atoms with Crippen molar-refractivity contribution < 1.29 is 4.74 Å². The van der Waals surface area contributed by atoms with Gasteiger partial charge in [-0.15, -0.1) is 21.5 Å². The third-order valence-electron chi connectivity index (χ3n) is 2.69. The molecule has 0 unspecified atom stereocenters. The number of nitrogens with one attached hydrogen (secondary N) is 1. The quantitative estimate of drug-likeness (QED) is 0.512. The molecule has 0 fully saturated rings. The summed E-state index contributed by atoms with van der Waals surface area (Å²) in [5.74, 6) is 0.594. The van der Waals surface area contributed by atoms with Gasteiger partial charge >= 0.3 is 0 Å². The molecule has 116 valence electrons. The van der Waals surface area contributed by atoms with Gasteiger partial charge in [0.25, 0.3) is 5.56 Å². The van der Waals surface area contributed by atoms with Crippen molar-refractivity contribution in [3.8, 4) is 0 Å². The summed E-state index contributed by atoms with van der Waals surface area (Å²) in [5.41, 5.74) is 0.697. The van der Waals surface area contributed by atoms with Crippen LogP contribution in [0, 0.1) is 0 Å². The van der Waals surface area contributed by atoms with Gasteiger partial charge in [0.15, 0.2) is 9.30 Å². The summed E-state index contributed by atoms with van der Waals surface area (Å²) in [4.78, 5) is 17.1. The molecule has 0 amide bonds. The number of aromatic nitrogens is 4. The van der Waals surface area contributed by atoms with Gasteiger partial charge in [-0.05, 0) is 0 Å². The van der Waals surface area contributed by atoms with E-state index in [0.717, 1.165) is 15.2 Å². The van der Waals surface area contributed by atoms with Crippen molar-refractivity contribution in [2.75, 3.05) is 25.6 Å².